The molecule has 26 heavy (non-hydrogen) atoms. The van der Waals surface area contributed by atoms with Gasteiger partial charge in [0.25, 0.3) is 5.91 Å². The van der Waals surface area contributed by atoms with Gasteiger partial charge < -0.3 is 10.0 Å². The zero-order valence-corrected chi connectivity index (χ0v) is 15.2. The number of nitrogens with zero attached hydrogens (tertiary/aromatic N) is 2. The lowest BCUT2D eigenvalue weighted by Crippen LogP contribution is -2.29. The van der Waals surface area contributed by atoms with E-state index in [-0.39, 0.29) is 12.5 Å². The summed E-state index contributed by atoms with van der Waals surface area (Å²) in [6.45, 7) is 1.73. The molecule has 2 heterocycles. The van der Waals surface area contributed by atoms with Gasteiger partial charge in [0.2, 0.25) is 0 Å². The molecular formula is C22H26N2O2. The van der Waals surface area contributed by atoms with E-state index >= 15 is 0 Å². The summed E-state index contributed by atoms with van der Waals surface area (Å²) >= 11 is 0. The topological polar surface area (TPSA) is 53.4 Å². The third kappa shape index (κ3) is 3.65. The Morgan fingerprint density at radius 1 is 1.15 bits per heavy atom. The molecule has 1 N–H and O–H groups in total. The number of carbonyl (C=O) groups excluding carboxylic acids is 1. The fourth-order valence-corrected chi connectivity index (χ4v) is 4.19. The van der Waals surface area contributed by atoms with Gasteiger partial charge in [0, 0.05) is 25.0 Å². The predicted octanol–water partition coefficient (Wildman–Crippen LogP) is 3.16. The fraction of sp³-hybridized carbons (Fsp3) is 0.455. The van der Waals surface area contributed by atoms with Crippen molar-refractivity contribution in [1.82, 2.24) is 9.88 Å². The molecule has 2 aliphatic rings. The molecule has 1 saturated heterocycles. The highest BCUT2D eigenvalue weighted by Crippen LogP contribution is 2.25. The average Bonchev–Trinajstić information content (AvgIpc) is 3.16. The van der Waals surface area contributed by atoms with Crippen LogP contribution in [0.25, 0.3) is 0 Å². The lowest BCUT2D eigenvalue weighted by molar-refractivity contribution is 0.0786. The number of likely N-dealkylation sites (tertiary alicyclic amines) is 1. The van der Waals surface area contributed by atoms with E-state index in [1.165, 1.54) is 29.7 Å². The molecule has 0 spiro atoms. The highest BCUT2D eigenvalue weighted by Gasteiger charge is 2.27. The van der Waals surface area contributed by atoms with Crippen molar-refractivity contribution in [3.63, 3.8) is 0 Å². The Balaban J connectivity index is 1.39. The molecule has 4 heteroatoms. The molecule has 1 amide bonds. The van der Waals surface area contributed by atoms with Crippen LogP contribution in [-0.2, 0) is 25.9 Å². The maximum absolute atomic E-state index is 12.9. The second-order valence-electron chi connectivity index (χ2n) is 7.62. The first-order valence-electron chi connectivity index (χ1n) is 9.68. The molecule has 1 unspecified atom stereocenters. The van der Waals surface area contributed by atoms with Gasteiger partial charge in [-0.25, -0.2) is 0 Å². The summed E-state index contributed by atoms with van der Waals surface area (Å²) in [6.07, 6.45) is 8.31. The lowest BCUT2D eigenvalue weighted by Gasteiger charge is -2.19. The van der Waals surface area contributed by atoms with Gasteiger partial charge in [-0.05, 0) is 67.2 Å². The smallest absolute Gasteiger partial charge is 0.255 e. The Bertz CT molecular complexity index is 785. The Morgan fingerprint density at radius 2 is 1.92 bits per heavy atom. The van der Waals surface area contributed by atoms with Crippen LogP contribution in [0.5, 0.6) is 0 Å². The predicted molar refractivity (Wildman–Crippen MR) is 101 cm³/mol. The number of hydrogen-bond donors (Lipinski definition) is 1. The molecule has 136 valence electrons. The van der Waals surface area contributed by atoms with Gasteiger partial charge in [-0.1, -0.05) is 24.3 Å². The number of benzene rings is 1. The molecule has 1 aromatic heterocycles. The minimum atomic E-state index is 0.0841. The average molecular weight is 350 g/mol. The van der Waals surface area contributed by atoms with Gasteiger partial charge in [-0.2, -0.15) is 0 Å². The summed E-state index contributed by atoms with van der Waals surface area (Å²) in [7, 11) is 0. The van der Waals surface area contributed by atoms with E-state index < -0.39 is 0 Å². The summed E-state index contributed by atoms with van der Waals surface area (Å²) in [6, 6.07) is 10.2. The normalized spacial score (nSPS) is 19.4. The zero-order chi connectivity index (χ0) is 17.9. The van der Waals surface area contributed by atoms with Crippen LogP contribution < -0.4 is 0 Å². The summed E-state index contributed by atoms with van der Waals surface area (Å²) in [5.41, 5.74) is 5.41. The van der Waals surface area contributed by atoms with Crippen LogP contribution in [0.2, 0.25) is 0 Å². The van der Waals surface area contributed by atoms with Crippen molar-refractivity contribution >= 4 is 5.91 Å². The van der Waals surface area contributed by atoms with E-state index in [1.807, 2.05) is 17.0 Å². The molecule has 1 aliphatic carbocycles. The Labute approximate surface area is 154 Å². The van der Waals surface area contributed by atoms with Gasteiger partial charge in [-0.3, -0.25) is 9.78 Å². The van der Waals surface area contributed by atoms with Crippen molar-refractivity contribution < 1.29 is 9.90 Å². The second kappa shape index (κ2) is 7.58. The van der Waals surface area contributed by atoms with Crippen LogP contribution in [0.3, 0.4) is 0 Å². The van der Waals surface area contributed by atoms with Crippen LogP contribution >= 0.6 is 0 Å². The number of aliphatic hydroxyl groups is 1. The van der Waals surface area contributed by atoms with Crippen LogP contribution in [0.1, 0.15) is 52.0 Å². The molecule has 0 radical (unpaired) electrons. The molecule has 0 saturated carbocycles. The summed E-state index contributed by atoms with van der Waals surface area (Å²) in [4.78, 5) is 19.4. The molecule has 1 fully saturated rings. The molecule has 2 aromatic rings. The summed E-state index contributed by atoms with van der Waals surface area (Å²) < 4.78 is 0. The van der Waals surface area contributed by atoms with E-state index in [0.29, 0.717) is 5.92 Å². The van der Waals surface area contributed by atoms with Crippen molar-refractivity contribution in [2.24, 2.45) is 5.92 Å². The van der Waals surface area contributed by atoms with E-state index in [9.17, 15) is 4.79 Å². The van der Waals surface area contributed by atoms with Gasteiger partial charge in [-0.15, -0.1) is 0 Å². The van der Waals surface area contributed by atoms with Crippen molar-refractivity contribution in [3.05, 3.63) is 64.5 Å². The molecule has 0 bridgehead atoms. The van der Waals surface area contributed by atoms with Crippen molar-refractivity contribution in [2.45, 2.75) is 45.1 Å². The maximum atomic E-state index is 12.9. The van der Waals surface area contributed by atoms with E-state index in [0.717, 1.165) is 49.9 Å². The highest BCUT2D eigenvalue weighted by atomic mass is 16.3. The van der Waals surface area contributed by atoms with Crippen LogP contribution in [0.15, 0.2) is 36.5 Å². The van der Waals surface area contributed by atoms with Crippen LogP contribution in [0.4, 0.5) is 0 Å². The molecule has 1 atom stereocenters. The van der Waals surface area contributed by atoms with Crippen molar-refractivity contribution in [3.8, 4) is 0 Å². The number of rotatable bonds is 4. The fourth-order valence-electron chi connectivity index (χ4n) is 4.19. The number of amides is 1. The zero-order valence-electron chi connectivity index (χ0n) is 15.2. The molecule has 4 nitrogen and oxygen atoms in total. The first-order chi connectivity index (χ1) is 12.7. The summed E-state index contributed by atoms with van der Waals surface area (Å²) in [5.74, 6) is 0.633. The quantitative estimate of drug-likeness (QED) is 0.921. The number of aromatic nitrogens is 1. The maximum Gasteiger partial charge on any atom is 0.255 e. The Hall–Kier alpha value is -2.20. The molecule has 4 rings (SSSR count). The highest BCUT2D eigenvalue weighted by molar-refractivity contribution is 5.94. The van der Waals surface area contributed by atoms with E-state index in [1.54, 1.807) is 6.20 Å². The number of pyridine rings is 1. The standard InChI is InChI=1S/C22H26N2O2/c25-15-17-7-5-16(6-8-17)11-18-9-10-24(14-18)22(26)20-12-19-3-1-2-4-21(19)23-13-20/h5-8,12-13,18,25H,1-4,9-11,14-15H2. The van der Waals surface area contributed by atoms with Gasteiger partial charge in [0.05, 0.1) is 12.2 Å². The third-order valence-electron chi connectivity index (χ3n) is 5.72. The number of aliphatic hydroxyl groups excluding tert-OH is 1. The van der Waals surface area contributed by atoms with Crippen LogP contribution in [-0.4, -0.2) is 34.0 Å². The molecular weight excluding hydrogens is 324 g/mol. The van der Waals surface area contributed by atoms with E-state index in [2.05, 4.69) is 23.2 Å². The van der Waals surface area contributed by atoms with Gasteiger partial charge in [0.1, 0.15) is 0 Å². The van der Waals surface area contributed by atoms with Crippen LogP contribution in [0, 0.1) is 5.92 Å². The number of aryl methyl sites for hydroxylation is 2. The number of fused-ring (bicyclic) bond motifs is 1. The Morgan fingerprint density at radius 3 is 2.73 bits per heavy atom. The Kier molecular flexibility index (Phi) is 5.02. The van der Waals surface area contributed by atoms with Gasteiger partial charge in [0.15, 0.2) is 0 Å². The second-order valence-corrected chi connectivity index (χ2v) is 7.62. The van der Waals surface area contributed by atoms with Gasteiger partial charge >= 0.3 is 0 Å². The lowest BCUT2D eigenvalue weighted by atomic mass is 9.95. The SMILES string of the molecule is O=C(c1cnc2c(c1)CCCC2)N1CCC(Cc2ccc(CO)cc2)C1. The first kappa shape index (κ1) is 17.2. The molecule has 1 aromatic carbocycles. The number of hydrogen-bond acceptors (Lipinski definition) is 3. The third-order valence-corrected chi connectivity index (χ3v) is 5.72. The minimum absolute atomic E-state index is 0.0841. The number of carbonyl (C=O) groups is 1. The van der Waals surface area contributed by atoms with Crippen molar-refractivity contribution in [2.75, 3.05) is 13.1 Å². The minimum Gasteiger partial charge on any atom is -0.392 e. The first-order valence-corrected chi connectivity index (χ1v) is 9.68. The summed E-state index contributed by atoms with van der Waals surface area (Å²) in [5, 5.41) is 9.14. The van der Waals surface area contributed by atoms with E-state index in [4.69, 9.17) is 5.11 Å². The monoisotopic (exact) mass is 350 g/mol. The van der Waals surface area contributed by atoms with Crippen molar-refractivity contribution in [1.29, 1.82) is 0 Å². The largest absolute Gasteiger partial charge is 0.392 e. The molecule has 1 aliphatic heterocycles.